The van der Waals surface area contributed by atoms with Crippen LogP contribution in [0.5, 0.6) is 11.6 Å². The smallest absolute Gasteiger partial charge is 0.255 e. The van der Waals surface area contributed by atoms with Gasteiger partial charge >= 0.3 is 0 Å². The summed E-state index contributed by atoms with van der Waals surface area (Å²) in [7, 11) is 0. The maximum atomic E-state index is 13.6. The standard InChI is InChI=1S/C19H14F2N2O2/c1-12-4-2-3-5-15(12)19(24)23-14-7-9-18(22-11-14)25-17-8-6-13(20)10-16(17)21/h2-11H,1H3,(H,23,24). The second kappa shape index (κ2) is 7.09. The molecular formula is C19H14F2N2O2. The zero-order chi connectivity index (χ0) is 17.8. The fraction of sp³-hybridized carbons (Fsp3) is 0.0526. The van der Waals surface area contributed by atoms with Crippen LogP contribution in [0.1, 0.15) is 15.9 Å². The third-order valence-corrected chi connectivity index (χ3v) is 3.49. The van der Waals surface area contributed by atoms with Crippen LogP contribution in [0.4, 0.5) is 14.5 Å². The molecule has 0 atom stereocenters. The van der Waals surface area contributed by atoms with Crippen LogP contribution in [0.25, 0.3) is 0 Å². The lowest BCUT2D eigenvalue weighted by Crippen LogP contribution is -2.13. The first-order chi connectivity index (χ1) is 12.0. The number of hydrogen-bond acceptors (Lipinski definition) is 3. The molecular weight excluding hydrogens is 326 g/mol. The molecule has 0 bridgehead atoms. The predicted octanol–water partition coefficient (Wildman–Crippen LogP) is 4.71. The first kappa shape index (κ1) is 16.6. The first-order valence-electron chi connectivity index (χ1n) is 7.49. The normalized spacial score (nSPS) is 10.4. The number of ether oxygens (including phenoxy) is 1. The Bertz CT molecular complexity index is 912. The van der Waals surface area contributed by atoms with E-state index in [0.717, 1.165) is 17.7 Å². The summed E-state index contributed by atoms with van der Waals surface area (Å²) in [6.45, 7) is 1.85. The molecule has 0 radical (unpaired) electrons. The summed E-state index contributed by atoms with van der Waals surface area (Å²) in [6.07, 6.45) is 1.40. The largest absolute Gasteiger partial charge is 0.436 e. The molecule has 6 heteroatoms. The molecule has 0 unspecified atom stereocenters. The molecule has 4 nitrogen and oxygen atoms in total. The van der Waals surface area contributed by atoms with Crippen molar-refractivity contribution in [2.24, 2.45) is 0 Å². The van der Waals surface area contributed by atoms with Gasteiger partial charge in [-0.25, -0.2) is 13.8 Å². The van der Waals surface area contributed by atoms with Crippen LogP contribution in [0.2, 0.25) is 0 Å². The van der Waals surface area contributed by atoms with E-state index in [-0.39, 0.29) is 17.5 Å². The highest BCUT2D eigenvalue weighted by Crippen LogP contribution is 2.24. The number of aromatic nitrogens is 1. The molecule has 1 aromatic heterocycles. The van der Waals surface area contributed by atoms with Gasteiger partial charge in [-0.2, -0.15) is 0 Å². The third kappa shape index (κ3) is 3.98. The van der Waals surface area contributed by atoms with E-state index in [4.69, 9.17) is 4.74 Å². The molecule has 25 heavy (non-hydrogen) atoms. The monoisotopic (exact) mass is 340 g/mol. The topological polar surface area (TPSA) is 51.2 Å². The fourth-order valence-corrected chi connectivity index (χ4v) is 2.21. The molecule has 3 aromatic rings. The van der Waals surface area contributed by atoms with E-state index in [1.54, 1.807) is 18.2 Å². The highest BCUT2D eigenvalue weighted by molar-refractivity contribution is 6.05. The Balaban J connectivity index is 1.70. The van der Waals surface area contributed by atoms with Crippen molar-refractivity contribution in [3.05, 3.63) is 83.6 Å². The van der Waals surface area contributed by atoms with Crippen LogP contribution in [0.15, 0.2) is 60.8 Å². The summed E-state index contributed by atoms with van der Waals surface area (Å²) in [5, 5.41) is 2.73. The minimum Gasteiger partial charge on any atom is -0.436 e. The fourth-order valence-electron chi connectivity index (χ4n) is 2.21. The molecule has 1 N–H and O–H groups in total. The van der Waals surface area contributed by atoms with E-state index in [1.807, 2.05) is 19.1 Å². The van der Waals surface area contributed by atoms with E-state index in [9.17, 15) is 13.6 Å². The van der Waals surface area contributed by atoms with E-state index < -0.39 is 11.6 Å². The first-order valence-corrected chi connectivity index (χ1v) is 7.49. The molecule has 0 aliphatic rings. The van der Waals surface area contributed by atoms with Gasteiger partial charge in [0.25, 0.3) is 5.91 Å². The zero-order valence-electron chi connectivity index (χ0n) is 13.3. The van der Waals surface area contributed by atoms with Gasteiger partial charge in [0, 0.05) is 17.7 Å². The average Bonchev–Trinajstić information content (AvgIpc) is 2.59. The summed E-state index contributed by atoms with van der Waals surface area (Å²) >= 11 is 0. The van der Waals surface area contributed by atoms with Crippen LogP contribution in [-0.4, -0.2) is 10.9 Å². The Hall–Kier alpha value is -3.28. The van der Waals surface area contributed by atoms with Gasteiger partial charge < -0.3 is 10.1 Å². The van der Waals surface area contributed by atoms with E-state index >= 15 is 0 Å². The highest BCUT2D eigenvalue weighted by Gasteiger charge is 2.10. The van der Waals surface area contributed by atoms with Crippen molar-refractivity contribution in [3.8, 4) is 11.6 Å². The number of benzene rings is 2. The number of nitrogens with one attached hydrogen (secondary N) is 1. The lowest BCUT2D eigenvalue weighted by Gasteiger charge is -2.09. The Morgan fingerprint density at radius 3 is 2.56 bits per heavy atom. The zero-order valence-corrected chi connectivity index (χ0v) is 13.3. The van der Waals surface area contributed by atoms with Crippen LogP contribution < -0.4 is 10.1 Å². The van der Waals surface area contributed by atoms with Crippen molar-refractivity contribution in [2.75, 3.05) is 5.32 Å². The lowest BCUT2D eigenvalue weighted by molar-refractivity contribution is 0.102. The summed E-state index contributed by atoms with van der Waals surface area (Å²) in [5.74, 6) is -1.77. The van der Waals surface area contributed by atoms with Gasteiger partial charge in [-0.3, -0.25) is 4.79 Å². The highest BCUT2D eigenvalue weighted by atomic mass is 19.1. The Labute approximate surface area is 143 Å². The summed E-state index contributed by atoms with van der Waals surface area (Å²) in [6, 6.07) is 13.3. The van der Waals surface area contributed by atoms with Crippen LogP contribution in [0.3, 0.4) is 0 Å². The second-order valence-corrected chi connectivity index (χ2v) is 5.33. The number of carbonyl (C=O) groups is 1. The van der Waals surface area contributed by atoms with E-state index in [2.05, 4.69) is 10.3 Å². The number of amides is 1. The molecule has 0 spiro atoms. The van der Waals surface area contributed by atoms with Crippen molar-refractivity contribution in [2.45, 2.75) is 6.92 Å². The van der Waals surface area contributed by atoms with Crippen molar-refractivity contribution in [1.29, 1.82) is 0 Å². The second-order valence-electron chi connectivity index (χ2n) is 5.33. The molecule has 0 saturated heterocycles. The van der Waals surface area contributed by atoms with Crippen molar-refractivity contribution >= 4 is 11.6 Å². The Kier molecular flexibility index (Phi) is 4.70. The van der Waals surface area contributed by atoms with Gasteiger partial charge in [0.15, 0.2) is 11.6 Å². The molecule has 0 fully saturated rings. The molecule has 1 heterocycles. The molecule has 2 aromatic carbocycles. The number of carbonyl (C=O) groups excluding carboxylic acids is 1. The van der Waals surface area contributed by atoms with E-state index in [0.29, 0.717) is 11.3 Å². The van der Waals surface area contributed by atoms with Gasteiger partial charge in [-0.15, -0.1) is 0 Å². The number of anilines is 1. The third-order valence-electron chi connectivity index (χ3n) is 3.49. The van der Waals surface area contributed by atoms with Crippen molar-refractivity contribution < 1.29 is 18.3 Å². The lowest BCUT2D eigenvalue weighted by atomic mass is 10.1. The Morgan fingerprint density at radius 2 is 1.88 bits per heavy atom. The van der Waals surface area contributed by atoms with E-state index in [1.165, 1.54) is 18.3 Å². The van der Waals surface area contributed by atoms with Gasteiger partial charge in [-0.1, -0.05) is 18.2 Å². The van der Waals surface area contributed by atoms with Gasteiger partial charge in [0.2, 0.25) is 5.88 Å². The van der Waals surface area contributed by atoms with Crippen molar-refractivity contribution in [3.63, 3.8) is 0 Å². The van der Waals surface area contributed by atoms with Crippen molar-refractivity contribution in [1.82, 2.24) is 4.98 Å². The number of hydrogen-bond donors (Lipinski definition) is 1. The maximum Gasteiger partial charge on any atom is 0.255 e. The molecule has 1 amide bonds. The number of pyridine rings is 1. The number of rotatable bonds is 4. The van der Waals surface area contributed by atoms with Crippen LogP contribution in [0, 0.1) is 18.6 Å². The number of aryl methyl sites for hydroxylation is 1. The quantitative estimate of drug-likeness (QED) is 0.748. The predicted molar refractivity (Wildman–Crippen MR) is 89.8 cm³/mol. The average molecular weight is 340 g/mol. The minimum atomic E-state index is -0.821. The minimum absolute atomic E-state index is 0.124. The van der Waals surface area contributed by atoms with Crippen LogP contribution >= 0.6 is 0 Å². The van der Waals surface area contributed by atoms with Gasteiger partial charge in [0.1, 0.15) is 5.82 Å². The van der Waals surface area contributed by atoms with Gasteiger partial charge in [-0.05, 0) is 36.8 Å². The molecule has 0 aliphatic heterocycles. The Morgan fingerprint density at radius 1 is 1.08 bits per heavy atom. The number of nitrogens with zero attached hydrogens (tertiary/aromatic N) is 1. The summed E-state index contributed by atoms with van der Waals surface area (Å²) in [5.41, 5.74) is 1.90. The SMILES string of the molecule is Cc1ccccc1C(=O)Nc1ccc(Oc2ccc(F)cc2F)nc1. The molecule has 3 rings (SSSR count). The summed E-state index contributed by atoms with van der Waals surface area (Å²) < 4.78 is 31.7. The molecule has 0 saturated carbocycles. The maximum absolute atomic E-state index is 13.6. The number of halogens is 2. The van der Waals surface area contributed by atoms with Gasteiger partial charge in [0.05, 0.1) is 11.9 Å². The summed E-state index contributed by atoms with van der Waals surface area (Å²) in [4.78, 5) is 16.2. The molecule has 126 valence electrons. The van der Waals surface area contributed by atoms with Crippen LogP contribution in [-0.2, 0) is 0 Å². The molecule has 0 aliphatic carbocycles.